The topological polar surface area (TPSA) is 53.6 Å². The molecule has 1 aromatic rings. The van der Waals surface area contributed by atoms with E-state index in [1.165, 1.54) is 12.0 Å². The van der Waals surface area contributed by atoms with Crippen molar-refractivity contribution in [2.45, 2.75) is 33.1 Å². The Morgan fingerprint density at radius 2 is 1.86 bits per heavy atom. The summed E-state index contributed by atoms with van der Waals surface area (Å²) in [6, 6.07) is 10.4. The van der Waals surface area contributed by atoms with Crippen LogP contribution in [0.5, 0.6) is 0 Å². The molecule has 0 spiro atoms. The Labute approximate surface area is 129 Å². The second-order valence-corrected chi connectivity index (χ2v) is 5.16. The fourth-order valence-electron chi connectivity index (χ4n) is 2.22. The Bertz CT molecular complexity index is 385. The first-order valence-electron chi connectivity index (χ1n) is 8.06. The summed E-state index contributed by atoms with van der Waals surface area (Å²) < 4.78 is 0. The van der Waals surface area contributed by atoms with Crippen molar-refractivity contribution < 1.29 is 0 Å². The lowest BCUT2D eigenvalue weighted by Crippen LogP contribution is -2.33. The molecule has 0 aliphatic rings. The first-order valence-corrected chi connectivity index (χ1v) is 8.06. The average molecular weight is 290 g/mol. The van der Waals surface area contributed by atoms with Gasteiger partial charge in [-0.15, -0.1) is 0 Å². The number of hydrogen-bond donors (Lipinski definition) is 2. The van der Waals surface area contributed by atoms with E-state index in [9.17, 15) is 0 Å². The van der Waals surface area contributed by atoms with Crippen LogP contribution in [-0.2, 0) is 6.42 Å². The molecular formula is C17H30N4. The number of unbranched alkanes of at least 4 members (excludes halogenated alkanes) is 1. The first kappa shape index (κ1) is 17.5. The van der Waals surface area contributed by atoms with E-state index in [0.29, 0.717) is 5.96 Å². The molecule has 1 aromatic carbocycles. The number of aliphatic imine (C=N–C) groups is 1. The van der Waals surface area contributed by atoms with E-state index in [1.807, 2.05) is 6.07 Å². The summed E-state index contributed by atoms with van der Waals surface area (Å²) in [5.41, 5.74) is 7.18. The Morgan fingerprint density at radius 1 is 1.14 bits per heavy atom. The van der Waals surface area contributed by atoms with Crippen LogP contribution in [-0.4, -0.2) is 43.6 Å². The molecule has 0 bridgehead atoms. The standard InChI is InChI=1S/C17H30N4/c1-3-21(4-2)15-9-8-13-19-17(18)20-14-12-16-10-6-5-7-11-16/h5-7,10-11H,3-4,8-9,12-15H2,1-2H3,(H3,18,19,20). The van der Waals surface area contributed by atoms with Crippen LogP contribution in [0, 0.1) is 0 Å². The zero-order valence-corrected chi connectivity index (χ0v) is 13.5. The van der Waals surface area contributed by atoms with Crippen LogP contribution in [0.4, 0.5) is 0 Å². The van der Waals surface area contributed by atoms with Crippen molar-refractivity contribution in [1.29, 1.82) is 0 Å². The Balaban J connectivity index is 2.07. The van der Waals surface area contributed by atoms with Gasteiger partial charge < -0.3 is 16.0 Å². The molecule has 0 atom stereocenters. The van der Waals surface area contributed by atoms with Crippen molar-refractivity contribution in [3.05, 3.63) is 35.9 Å². The van der Waals surface area contributed by atoms with Crippen molar-refractivity contribution in [3.63, 3.8) is 0 Å². The first-order chi connectivity index (χ1) is 10.3. The van der Waals surface area contributed by atoms with E-state index >= 15 is 0 Å². The molecule has 4 nitrogen and oxygen atoms in total. The number of rotatable bonds is 10. The van der Waals surface area contributed by atoms with Crippen LogP contribution in [0.25, 0.3) is 0 Å². The number of hydrogen-bond acceptors (Lipinski definition) is 2. The molecule has 1 rings (SSSR count). The van der Waals surface area contributed by atoms with Gasteiger partial charge in [0.05, 0.1) is 0 Å². The maximum Gasteiger partial charge on any atom is 0.188 e. The summed E-state index contributed by atoms with van der Waals surface area (Å²) in [7, 11) is 0. The monoisotopic (exact) mass is 290 g/mol. The molecule has 0 amide bonds. The average Bonchev–Trinajstić information content (AvgIpc) is 2.52. The highest BCUT2D eigenvalue weighted by molar-refractivity contribution is 5.77. The summed E-state index contributed by atoms with van der Waals surface area (Å²) in [5.74, 6) is 0.564. The fraction of sp³-hybridized carbons (Fsp3) is 0.588. The molecule has 0 aliphatic carbocycles. The number of guanidine groups is 1. The van der Waals surface area contributed by atoms with Gasteiger partial charge in [0.25, 0.3) is 0 Å². The third-order valence-electron chi connectivity index (χ3n) is 3.62. The fourth-order valence-corrected chi connectivity index (χ4v) is 2.22. The van der Waals surface area contributed by atoms with Crippen LogP contribution in [0.1, 0.15) is 32.3 Å². The smallest absolute Gasteiger partial charge is 0.188 e. The molecule has 0 heterocycles. The van der Waals surface area contributed by atoms with Crippen LogP contribution in [0.2, 0.25) is 0 Å². The second kappa shape index (κ2) is 11.1. The van der Waals surface area contributed by atoms with E-state index in [-0.39, 0.29) is 0 Å². The van der Waals surface area contributed by atoms with Crippen LogP contribution < -0.4 is 11.1 Å². The highest BCUT2D eigenvalue weighted by atomic mass is 15.1. The largest absolute Gasteiger partial charge is 0.370 e. The van der Waals surface area contributed by atoms with Gasteiger partial charge in [0.15, 0.2) is 5.96 Å². The normalized spacial score (nSPS) is 11.9. The molecule has 21 heavy (non-hydrogen) atoms. The Kier molecular flexibility index (Phi) is 9.29. The summed E-state index contributed by atoms with van der Waals surface area (Å²) in [6.07, 6.45) is 3.25. The second-order valence-electron chi connectivity index (χ2n) is 5.16. The molecule has 118 valence electrons. The minimum absolute atomic E-state index is 0.564. The predicted molar refractivity (Wildman–Crippen MR) is 91.7 cm³/mol. The number of nitrogens with two attached hydrogens (primary N) is 1. The summed E-state index contributed by atoms with van der Waals surface area (Å²) in [4.78, 5) is 6.80. The summed E-state index contributed by atoms with van der Waals surface area (Å²) in [6.45, 7) is 9.46. The zero-order chi connectivity index (χ0) is 15.3. The molecule has 0 fully saturated rings. The van der Waals surface area contributed by atoms with Gasteiger partial charge in [-0.2, -0.15) is 0 Å². The third-order valence-corrected chi connectivity index (χ3v) is 3.62. The molecule has 4 heteroatoms. The molecule has 0 saturated carbocycles. The van der Waals surface area contributed by atoms with Gasteiger partial charge in [0.1, 0.15) is 0 Å². The maximum absolute atomic E-state index is 5.86. The van der Waals surface area contributed by atoms with Gasteiger partial charge in [-0.3, -0.25) is 4.99 Å². The van der Waals surface area contributed by atoms with Crippen molar-refractivity contribution in [2.24, 2.45) is 10.7 Å². The van der Waals surface area contributed by atoms with Gasteiger partial charge in [-0.05, 0) is 44.5 Å². The lowest BCUT2D eigenvalue weighted by molar-refractivity contribution is 0.297. The quantitative estimate of drug-likeness (QED) is 0.395. The highest BCUT2D eigenvalue weighted by Gasteiger charge is 1.98. The van der Waals surface area contributed by atoms with Crippen LogP contribution in [0.3, 0.4) is 0 Å². The van der Waals surface area contributed by atoms with Gasteiger partial charge in [0, 0.05) is 13.1 Å². The van der Waals surface area contributed by atoms with Gasteiger partial charge in [-0.25, -0.2) is 0 Å². The molecule has 0 aromatic heterocycles. The van der Waals surface area contributed by atoms with Crippen molar-refractivity contribution in [3.8, 4) is 0 Å². The minimum Gasteiger partial charge on any atom is -0.370 e. The van der Waals surface area contributed by atoms with Gasteiger partial charge in [-0.1, -0.05) is 44.2 Å². The molecule has 0 radical (unpaired) electrons. The van der Waals surface area contributed by atoms with Crippen molar-refractivity contribution in [1.82, 2.24) is 10.2 Å². The molecule has 0 saturated heterocycles. The van der Waals surface area contributed by atoms with Crippen LogP contribution in [0.15, 0.2) is 35.3 Å². The SMILES string of the molecule is CCN(CC)CCCCN=C(N)NCCc1ccccc1. The number of nitrogens with zero attached hydrogens (tertiary/aromatic N) is 2. The lowest BCUT2D eigenvalue weighted by atomic mass is 10.1. The zero-order valence-electron chi connectivity index (χ0n) is 13.5. The summed E-state index contributed by atoms with van der Waals surface area (Å²) in [5, 5.41) is 3.17. The third kappa shape index (κ3) is 8.35. The van der Waals surface area contributed by atoms with Crippen LogP contribution >= 0.6 is 0 Å². The Morgan fingerprint density at radius 3 is 2.52 bits per heavy atom. The molecular weight excluding hydrogens is 260 g/mol. The highest BCUT2D eigenvalue weighted by Crippen LogP contribution is 1.98. The predicted octanol–water partition coefficient (Wildman–Crippen LogP) is 2.26. The van der Waals surface area contributed by atoms with Gasteiger partial charge in [0.2, 0.25) is 0 Å². The number of benzene rings is 1. The maximum atomic E-state index is 5.86. The number of nitrogens with one attached hydrogen (secondary N) is 1. The van der Waals surface area contributed by atoms with Crippen molar-refractivity contribution in [2.75, 3.05) is 32.7 Å². The van der Waals surface area contributed by atoms with Gasteiger partial charge >= 0.3 is 0 Å². The van der Waals surface area contributed by atoms with E-state index < -0.39 is 0 Å². The lowest BCUT2D eigenvalue weighted by Gasteiger charge is -2.17. The van der Waals surface area contributed by atoms with E-state index in [0.717, 1.165) is 45.6 Å². The Hall–Kier alpha value is -1.55. The van der Waals surface area contributed by atoms with E-state index in [2.05, 4.69) is 53.3 Å². The molecule has 3 N–H and O–H groups in total. The molecule has 0 aliphatic heterocycles. The molecule has 0 unspecified atom stereocenters. The van der Waals surface area contributed by atoms with Crippen molar-refractivity contribution >= 4 is 5.96 Å². The summed E-state index contributed by atoms with van der Waals surface area (Å²) >= 11 is 0. The van der Waals surface area contributed by atoms with E-state index in [4.69, 9.17) is 5.73 Å². The van der Waals surface area contributed by atoms with E-state index in [1.54, 1.807) is 0 Å². The minimum atomic E-state index is 0.564.